The van der Waals surface area contributed by atoms with E-state index in [-0.39, 0.29) is 6.04 Å². The first kappa shape index (κ1) is 11.9. The highest BCUT2D eigenvalue weighted by Crippen LogP contribution is 2.21. The van der Waals surface area contributed by atoms with E-state index in [1.54, 1.807) is 0 Å². The molecule has 1 aliphatic heterocycles. The third-order valence-electron chi connectivity index (χ3n) is 2.73. The molecule has 0 radical (unpaired) electrons. The third-order valence-corrected chi connectivity index (χ3v) is 3.30. The highest BCUT2D eigenvalue weighted by molar-refractivity contribution is 7.87. The fourth-order valence-corrected chi connectivity index (χ4v) is 2.16. The highest BCUT2D eigenvalue weighted by atomic mass is 32.2. The molecule has 1 saturated heterocycles. The molecule has 2 unspecified atom stereocenters. The number of nitrogens with two attached hydrogens (primary N) is 1. The molecule has 2 atom stereocenters. The zero-order valence-electron chi connectivity index (χ0n) is 8.66. The standard InChI is InChI=1S/C8H19N3O2S/c1-6(2)7-3-8(10-4-7)5-11-14(9,12)13/h6-8,10-11H,3-5H2,1-2H3,(H2,9,12,13). The van der Waals surface area contributed by atoms with E-state index in [1.165, 1.54) is 0 Å². The second-order valence-corrected chi connectivity index (χ2v) is 5.62. The van der Waals surface area contributed by atoms with Crippen LogP contribution in [-0.4, -0.2) is 27.5 Å². The monoisotopic (exact) mass is 221 g/mol. The van der Waals surface area contributed by atoms with Crippen LogP contribution in [-0.2, 0) is 10.2 Å². The lowest BCUT2D eigenvalue weighted by atomic mass is 9.93. The van der Waals surface area contributed by atoms with Gasteiger partial charge in [0.2, 0.25) is 0 Å². The number of hydrogen-bond donors (Lipinski definition) is 3. The van der Waals surface area contributed by atoms with Gasteiger partial charge in [-0.05, 0) is 24.8 Å². The summed E-state index contributed by atoms with van der Waals surface area (Å²) in [6.45, 7) is 5.72. The zero-order chi connectivity index (χ0) is 10.8. The van der Waals surface area contributed by atoms with Crippen molar-refractivity contribution in [3.05, 3.63) is 0 Å². The minimum Gasteiger partial charge on any atom is -0.312 e. The first-order chi connectivity index (χ1) is 6.38. The van der Waals surface area contributed by atoms with Crippen molar-refractivity contribution in [3.63, 3.8) is 0 Å². The molecule has 0 aliphatic carbocycles. The van der Waals surface area contributed by atoms with Gasteiger partial charge in [0.25, 0.3) is 10.2 Å². The van der Waals surface area contributed by atoms with Gasteiger partial charge in [0.05, 0.1) is 0 Å². The van der Waals surface area contributed by atoms with Crippen LogP contribution in [0.2, 0.25) is 0 Å². The Labute approximate surface area is 85.6 Å². The Morgan fingerprint density at radius 3 is 2.64 bits per heavy atom. The van der Waals surface area contributed by atoms with E-state index in [0.717, 1.165) is 13.0 Å². The Kier molecular flexibility index (Phi) is 3.88. The summed E-state index contributed by atoms with van der Waals surface area (Å²) in [4.78, 5) is 0. The van der Waals surface area contributed by atoms with Crippen molar-refractivity contribution < 1.29 is 8.42 Å². The van der Waals surface area contributed by atoms with Gasteiger partial charge < -0.3 is 5.32 Å². The second kappa shape index (κ2) is 4.57. The average Bonchev–Trinajstić information content (AvgIpc) is 2.47. The molecule has 0 spiro atoms. The van der Waals surface area contributed by atoms with E-state index in [1.807, 2.05) is 0 Å². The van der Waals surface area contributed by atoms with E-state index in [2.05, 4.69) is 23.9 Å². The Morgan fingerprint density at radius 2 is 2.21 bits per heavy atom. The van der Waals surface area contributed by atoms with Crippen molar-refractivity contribution in [2.24, 2.45) is 17.0 Å². The molecule has 1 fully saturated rings. The minimum atomic E-state index is -3.54. The first-order valence-electron chi connectivity index (χ1n) is 4.89. The maximum absolute atomic E-state index is 10.6. The molecule has 5 nitrogen and oxygen atoms in total. The fraction of sp³-hybridized carbons (Fsp3) is 1.00. The summed E-state index contributed by atoms with van der Waals surface area (Å²) in [5.74, 6) is 1.28. The van der Waals surface area contributed by atoms with Crippen LogP contribution >= 0.6 is 0 Å². The lowest BCUT2D eigenvalue weighted by Crippen LogP contribution is -2.40. The van der Waals surface area contributed by atoms with Crippen LogP contribution in [0, 0.1) is 11.8 Å². The van der Waals surface area contributed by atoms with Crippen molar-refractivity contribution in [3.8, 4) is 0 Å². The first-order valence-corrected chi connectivity index (χ1v) is 6.44. The molecular weight excluding hydrogens is 202 g/mol. The lowest BCUT2D eigenvalue weighted by molar-refractivity contribution is 0.409. The van der Waals surface area contributed by atoms with Gasteiger partial charge in [0, 0.05) is 12.6 Å². The normalized spacial score (nSPS) is 28.6. The Balaban J connectivity index is 2.30. The smallest absolute Gasteiger partial charge is 0.274 e. The van der Waals surface area contributed by atoms with Crippen molar-refractivity contribution >= 4 is 10.2 Å². The molecule has 1 rings (SSSR count). The Morgan fingerprint density at radius 1 is 1.57 bits per heavy atom. The SMILES string of the molecule is CC(C)C1CNC(CNS(N)(=O)=O)C1. The summed E-state index contributed by atoms with van der Waals surface area (Å²) in [6.07, 6.45) is 1.01. The van der Waals surface area contributed by atoms with Gasteiger partial charge in [-0.3, -0.25) is 0 Å². The molecule has 0 aromatic carbocycles. The third kappa shape index (κ3) is 3.91. The quantitative estimate of drug-likeness (QED) is 0.593. The predicted molar refractivity (Wildman–Crippen MR) is 55.8 cm³/mol. The molecule has 0 bridgehead atoms. The molecule has 0 saturated carbocycles. The molecule has 4 N–H and O–H groups in total. The van der Waals surface area contributed by atoms with Gasteiger partial charge in [0.1, 0.15) is 0 Å². The molecule has 6 heteroatoms. The number of hydrogen-bond acceptors (Lipinski definition) is 3. The van der Waals surface area contributed by atoms with Gasteiger partial charge in [-0.25, -0.2) is 9.86 Å². The predicted octanol–water partition coefficient (Wildman–Crippen LogP) is -0.586. The van der Waals surface area contributed by atoms with Crippen molar-refractivity contribution in [1.29, 1.82) is 0 Å². The van der Waals surface area contributed by atoms with E-state index in [9.17, 15) is 8.42 Å². The summed E-state index contributed by atoms with van der Waals surface area (Å²) in [6, 6.07) is 0.223. The molecule has 0 amide bonds. The molecule has 1 heterocycles. The summed E-state index contributed by atoms with van der Waals surface area (Å²) < 4.78 is 23.6. The average molecular weight is 221 g/mol. The van der Waals surface area contributed by atoms with Gasteiger partial charge in [-0.1, -0.05) is 13.8 Å². The van der Waals surface area contributed by atoms with Crippen molar-refractivity contribution in [1.82, 2.24) is 10.0 Å². The van der Waals surface area contributed by atoms with Gasteiger partial charge in [-0.2, -0.15) is 8.42 Å². The van der Waals surface area contributed by atoms with E-state index in [0.29, 0.717) is 18.4 Å². The summed E-state index contributed by atoms with van der Waals surface area (Å²) in [7, 11) is -3.54. The topological polar surface area (TPSA) is 84.2 Å². The highest BCUT2D eigenvalue weighted by Gasteiger charge is 2.26. The largest absolute Gasteiger partial charge is 0.312 e. The Hall–Kier alpha value is -0.170. The van der Waals surface area contributed by atoms with Crippen LogP contribution in [0.4, 0.5) is 0 Å². The van der Waals surface area contributed by atoms with Gasteiger partial charge >= 0.3 is 0 Å². The van der Waals surface area contributed by atoms with Crippen molar-refractivity contribution in [2.75, 3.05) is 13.1 Å². The fourth-order valence-electron chi connectivity index (χ4n) is 1.73. The van der Waals surface area contributed by atoms with E-state index >= 15 is 0 Å². The van der Waals surface area contributed by atoms with Crippen LogP contribution in [0.1, 0.15) is 20.3 Å². The maximum atomic E-state index is 10.6. The van der Waals surface area contributed by atoms with Crippen LogP contribution in [0.25, 0.3) is 0 Å². The van der Waals surface area contributed by atoms with Gasteiger partial charge in [0.15, 0.2) is 0 Å². The molecule has 14 heavy (non-hydrogen) atoms. The number of rotatable bonds is 4. The Bertz CT molecular complexity index is 276. The van der Waals surface area contributed by atoms with Crippen molar-refractivity contribution in [2.45, 2.75) is 26.3 Å². The molecule has 0 aromatic heterocycles. The van der Waals surface area contributed by atoms with E-state index in [4.69, 9.17) is 5.14 Å². The molecule has 1 aliphatic rings. The lowest BCUT2D eigenvalue weighted by Gasteiger charge is -2.13. The maximum Gasteiger partial charge on any atom is 0.274 e. The summed E-state index contributed by atoms with van der Waals surface area (Å²) >= 11 is 0. The minimum absolute atomic E-state index is 0.223. The van der Waals surface area contributed by atoms with Crippen LogP contribution in [0.5, 0.6) is 0 Å². The van der Waals surface area contributed by atoms with Crippen LogP contribution in [0.3, 0.4) is 0 Å². The number of nitrogens with one attached hydrogen (secondary N) is 2. The van der Waals surface area contributed by atoms with Crippen LogP contribution in [0.15, 0.2) is 0 Å². The second-order valence-electron chi connectivity index (χ2n) is 4.24. The van der Waals surface area contributed by atoms with E-state index < -0.39 is 10.2 Å². The summed E-state index contributed by atoms with van der Waals surface area (Å²) in [5.41, 5.74) is 0. The summed E-state index contributed by atoms with van der Waals surface area (Å²) in [5, 5.41) is 8.12. The van der Waals surface area contributed by atoms with Gasteiger partial charge in [-0.15, -0.1) is 0 Å². The van der Waals surface area contributed by atoms with Crippen LogP contribution < -0.4 is 15.2 Å². The molecule has 0 aromatic rings. The molecule has 84 valence electrons. The zero-order valence-corrected chi connectivity index (χ0v) is 9.47. The molecular formula is C8H19N3O2S.